The van der Waals surface area contributed by atoms with E-state index in [0.29, 0.717) is 0 Å². The maximum atomic E-state index is 6.26. The van der Waals surface area contributed by atoms with E-state index in [9.17, 15) is 0 Å². The van der Waals surface area contributed by atoms with Gasteiger partial charge in [-0.05, 0) is 36.6 Å². The summed E-state index contributed by atoms with van der Waals surface area (Å²) in [5.41, 5.74) is 2.43. The van der Waals surface area contributed by atoms with Crippen LogP contribution in [0.15, 0.2) is 18.2 Å². The lowest BCUT2D eigenvalue weighted by atomic mass is 10.1. The number of aryl methyl sites for hydroxylation is 2. The molecular formula is C11H16Cl2Si. The fourth-order valence-corrected chi connectivity index (χ4v) is 2.60. The van der Waals surface area contributed by atoms with Crippen LogP contribution in [0.3, 0.4) is 0 Å². The van der Waals surface area contributed by atoms with Crippen LogP contribution in [-0.4, -0.2) is 7.38 Å². The molecule has 1 aromatic carbocycles. The summed E-state index contributed by atoms with van der Waals surface area (Å²) in [4.78, 5) is 0. The van der Waals surface area contributed by atoms with Gasteiger partial charge in [0.05, 0.1) is 0 Å². The fourth-order valence-electron chi connectivity index (χ4n) is 1.23. The summed E-state index contributed by atoms with van der Waals surface area (Å²) in [7, 11) is -1.44. The van der Waals surface area contributed by atoms with Crippen molar-refractivity contribution in [2.24, 2.45) is 0 Å². The Balaban J connectivity index is 2.65. The monoisotopic (exact) mass is 246 g/mol. The number of halogens is 2. The molecule has 0 aromatic heterocycles. The predicted octanol–water partition coefficient (Wildman–Crippen LogP) is 4.63. The van der Waals surface area contributed by atoms with E-state index >= 15 is 0 Å². The summed E-state index contributed by atoms with van der Waals surface area (Å²) in [5.74, 6) is 0. The van der Waals surface area contributed by atoms with Crippen LogP contribution < -0.4 is 0 Å². The zero-order chi connectivity index (χ0) is 10.8. The lowest BCUT2D eigenvalue weighted by Gasteiger charge is -2.12. The quantitative estimate of drug-likeness (QED) is 0.539. The molecule has 78 valence electrons. The van der Waals surface area contributed by atoms with E-state index in [2.05, 4.69) is 25.2 Å². The van der Waals surface area contributed by atoms with E-state index in [1.165, 1.54) is 5.56 Å². The van der Waals surface area contributed by atoms with Crippen LogP contribution in [0.25, 0.3) is 0 Å². The molecule has 0 saturated carbocycles. The Labute approximate surface area is 96.9 Å². The predicted molar refractivity (Wildman–Crippen MR) is 68.0 cm³/mol. The largest absolute Gasteiger partial charge is 0.168 e. The standard InChI is InChI=1S/C11H16Cl2Si/c1-9-4-5-10(8-11(9)12)6-7-14(2,3)13/h4-5,8H,6-7H2,1-3H3. The Bertz CT molecular complexity index is 316. The van der Waals surface area contributed by atoms with Crippen LogP contribution in [0.2, 0.25) is 24.2 Å². The van der Waals surface area contributed by atoms with Gasteiger partial charge in [0.25, 0.3) is 0 Å². The third-order valence-corrected chi connectivity index (χ3v) is 4.66. The summed E-state index contributed by atoms with van der Waals surface area (Å²) in [6.45, 7) is 6.36. The number of hydrogen-bond donors (Lipinski definition) is 0. The maximum absolute atomic E-state index is 6.26. The van der Waals surface area contributed by atoms with Gasteiger partial charge >= 0.3 is 0 Å². The summed E-state index contributed by atoms with van der Waals surface area (Å²) in [6, 6.07) is 7.36. The zero-order valence-corrected chi connectivity index (χ0v) is 11.4. The zero-order valence-electron chi connectivity index (χ0n) is 8.90. The molecule has 0 bridgehead atoms. The Morgan fingerprint density at radius 3 is 2.43 bits per heavy atom. The number of hydrogen-bond acceptors (Lipinski definition) is 0. The first kappa shape index (κ1) is 12.1. The summed E-state index contributed by atoms with van der Waals surface area (Å²) in [5, 5.41) is 0.858. The Morgan fingerprint density at radius 1 is 1.29 bits per heavy atom. The molecule has 0 aliphatic rings. The highest BCUT2D eigenvalue weighted by Gasteiger charge is 2.16. The van der Waals surface area contributed by atoms with Gasteiger partial charge in [-0.2, -0.15) is 11.1 Å². The molecule has 0 heterocycles. The molecule has 0 aliphatic heterocycles. The Hall–Kier alpha value is 0.0169. The van der Waals surface area contributed by atoms with E-state index < -0.39 is 7.38 Å². The van der Waals surface area contributed by atoms with Crippen molar-refractivity contribution in [2.45, 2.75) is 32.5 Å². The topological polar surface area (TPSA) is 0 Å². The van der Waals surface area contributed by atoms with Crippen molar-refractivity contribution >= 4 is 30.1 Å². The van der Waals surface area contributed by atoms with Crippen LogP contribution in [0.5, 0.6) is 0 Å². The highest BCUT2D eigenvalue weighted by Crippen LogP contribution is 2.21. The van der Waals surface area contributed by atoms with Gasteiger partial charge in [0, 0.05) is 5.02 Å². The highest BCUT2D eigenvalue weighted by atomic mass is 35.6. The normalized spacial score (nSPS) is 11.8. The van der Waals surface area contributed by atoms with Crippen molar-refractivity contribution in [3.05, 3.63) is 34.3 Å². The van der Waals surface area contributed by atoms with Gasteiger partial charge in [-0.3, -0.25) is 0 Å². The molecule has 0 unspecified atom stereocenters. The average molecular weight is 247 g/mol. The number of benzene rings is 1. The van der Waals surface area contributed by atoms with E-state index in [1.54, 1.807) is 0 Å². The first-order valence-corrected chi connectivity index (χ1v) is 9.42. The van der Waals surface area contributed by atoms with Gasteiger partial charge in [0.2, 0.25) is 0 Å². The molecule has 1 aromatic rings. The third-order valence-electron chi connectivity index (χ3n) is 2.24. The minimum Gasteiger partial charge on any atom is -0.168 e. The molecule has 3 heteroatoms. The highest BCUT2D eigenvalue weighted by molar-refractivity contribution is 7.19. The lowest BCUT2D eigenvalue weighted by molar-refractivity contribution is 1.10. The molecule has 0 atom stereocenters. The van der Waals surface area contributed by atoms with E-state index in [4.69, 9.17) is 22.7 Å². The molecular weight excluding hydrogens is 231 g/mol. The van der Waals surface area contributed by atoms with Gasteiger partial charge in [0.15, 0.2) is 7.38 Å². The minimum absolute atomic E-state index is 0.858. The summed E-state index contributed by atoms with van der Waals surface area (Å²) in [6.07, 6.45) is 1.04. The van der Waals surface area contributed by atoms with Crippen molar-refractivity contribution in [1.82, 2.24) is 0 Å². The number of rotatable bonds is 3. The molecule has 0 radical (unpaired) electrons. The molecule has 14 heavy (non-hydrogen) atoms. The van der Waals surface area contributed by atoms with Crippen molar-refractivity contribution in [3.8, 4) is 0 Å². The van der Waals surface area contributed by atoms with Crippen LogP contribution in [0, 0.1) is 6.92 Å². The van der Waals surface area contributed by atoms with E-state index in [-0.39, 0.29) is 0 Å². The summed E-state index contributed by atoms with van der Waals surface area (Å²) < 4.78 is 0. The first-order chi connectivity index (χ1) is 6.38. The van der Waals surface area contributed by atoms with Gasteiger partial charge < -0.3 is 0 Å². The minimum atomic E-state index is -1.44. The van der Waals surface area contributed by atoms with Crippen LogP contribution >= 0.6 is 22.7 Å². The van der Waals surface area contributed by atoms with Crippen LogP contribution in [0.4, 0.5) is 0 Å². The molecule has 0 N–H and O–H groups in total. The van der Waals surface area contributed by atoms with Gasteiger partial charge in [0.1, 0.15) is 0 Å². The second-order valence-electron chi connectivity index (χ2n) is 4.30. The van der Waals surface area contributed by atoms with Gasteiger partial charge in [-0.1, -0.05) is 36.8 Å². The van der Waals surface area contributed by atoms with Gasteiger partial charge in [-0.15, -0.1) is 0 Å². The molecule has 0 spiro atoms. The maximum Gasteiger partial charge on any atom is 0.150 e. The Kier molecular flexibility index (Phi) is 4.05. The molecule has 0 amide bonds. The fraction of sp³-hybridized carbons (Fsp3) is 0.455. The second-order valence-corrected chi connectivity index (χ2v) is 11.7. The molecule has 1 rings (SSSR count). The first-order valence-electron chi connectivity index (χ1n) is 4.82. The van der Waals surface area contributed by atoms with Crippen LogP contribution in [-0.2, 0) is 6.42 Å². The molecule has 0 nitrogen and oxygen atoms in total. The van der Waals surface area contributed by atoms with E-state index in [1.807, 2.05) is 13.0 Å². The molecule has 0 aliphatic carbocycles. The molecule has 0 saturated heterocycles. The lowest BCUT2D eigenvalue weighted by Crippen LogP contribution is -2.16. The van der Waals surface area contributed by atoms with E-state index in [0.717, 1.165) is 23.1 Å². The van der Waals surface area contributed by atoms with Crippen LogP contribution in [0.1, 0.15) is 11.1 Å². The van der Waals surface area contributed by atoms with Gasteiger partial charge in [-0.25, -0.2) is 0 Å². The average Bonchev–Trinajstić information content (AvgIpc) is 2.06. The SMILES string of the molecule is Cc1ccc(CC[Si](C)(C)Cl)cc1Cl. The second kappa shape index (κ2) is 4.69. The smallest absolute Gasteiger partial charge is 0.150 e. The third kappa shape index (κ3) is 4.03. The summed E-state index contributed by atoms with van der Waals surface area (Å²) >= 11 is 12.3. The van der Waals surface area contributed by atoms with Crippen molar-refractivity contribution in [3.63, 3.8) is 0 Å². The van der Waals surface area contributed by atoms with Crippen molar-refractivity contribution in [1.29, 1.82) is 0 Å². The van der Waals surface area contributed by atoms with Crippen molar-refractivity contribution in [2.75, 3.05) is 0 Å². The Morgan fingerprint density at radius 2 is 1.93 bits per heavy atom. The van der Waals surface area contributed by atoms with Crippen molar-refractivity contribution < 1.29 is 0 Å². The molecule has 0 fully saturated rings.